The number of imidazole rings is 1. The molecule has 2 aromatic rings. The third-order valence-corrected chi connectivity index (χ3v) is 5.73. The van der Waals surface area contributed by atoms with Crippen molar-refractivity contribution in [1.29, 1.82) is 0 Å². The minimum atomic E-state index is -0.826. The van der Waals surface area contributed by atoms with E-state index in [0.29, 0.717) is 11.8 Å². The Labute approximate surface area is 169 Å². The summed E-state index contributed by atoms with van der Waals surface area (Å²) in [5.74, 6) is 0.281. The van der Waals surface area contributed by atoms with E-state index >= 15 is 0 Å². The van der Waals surface area contributed by atoms with Crippen LogP contribution in [0.1, 0.15) is 38.1 Å². The van der Waals surface area contributed by atoms with Crippen LogP contribution < -0.4 is 4.57 Å². The topological polar surface area (TPSA) is 78.9 Å². The van der Waals surface area contributed by atoms with Crippen LogP contribution in [0.2, 0.25) is 0 Å². The molecular formula is C21H24N5O3+. The number of amidine groups is 1. The number of ketones is 1. The van der Waals surface area contributed by atoms with Crippen molar-refractivity contribution in [1.82, 2.24) is 14.4 Å². The summed E-state index contributed by atoms with van der Waals surface area (Å²) in [6.07, 6.45) is 2.82. The highest BCUT2D eigenvalue weighted by molar-refractivity contribution is 6.20. The number of aromatic nitrogens is 2. The van der Waals surface area contributed by atoms with Gasteiger partial charge in [-0.3, -0.25) is 14.5 Å². The zero-order chi connectivity index (χ0) is 21.0. The molecule has 2 aliphatic rings. The van der Waals surface area contributed by atoms with Gasteiger partial charge >= 0.3 is 12.0 Å². The van der Waals surface area contributed by atoms with Gasteiger partial charge in [0, 0.05) is 7.05 Å². The summed E-state index contributed by atoms with van der Waals surface area (Å²) < 4.78 is 3.75. The lowest BCUT2D eigenvalue weighted by Gasteiger charge is -2.35. The van der Waals surface area contributed by atoms with Gasteiger partial charge in [-0.25, -0.2) is 14.3 Å². The number of Topliss-reactive ketones (excluding diaryl/α,β-unsaturated/α-hetero) is 1. The number of hydrogen-bond acceptors (Lipinski definition) is 4. The molecule has 2 aliphatic heterocycles. The first-order valence-electron chi connectivity index (χ1n) is 9.68. The summed E-state index contributed by atoms with van der Waals surface area (Å²) in [5, 5.41) is 0. The Morgan fingerprint density at radius 1 is 1.24 bits per heavy atom. The minimum absolute atomic E-state index is 0.242. The van der Waals surface area contributed by atoms with Crippen LogP contribution in [0, 0.1) is 6.92 Å². The minimum Gasteiger partial charge on any atom is -0.298 e. The number of carbonyl (C=O) groups excluding carboxylic acids is 3. The van der Waals surface area contributed by atoms with E-state index in [1.807, 2.05) is 29.8 Å². The van der Waals surface area contributed by atoms with Gasteiger partial charge in [0.05, 0.1) is 6.04 Å². The first-order valence-corrected chi connectivity index (χ1v) is 9.68. The highest BCUT2D eigenvalue weighted by Gasteiger charge is 2.54. The Hall–Kier alpha value is -3.29. The van der Waals surface area contributed by atoms with Gasteiger partial charge in [0.15, 0.2) is 5.78 Å². The zero-order valence-electron chi connectivity index (χ0n) is 17.2. The van der Waals surface area contributed by atoms with Crippen molar-refractivity contribution >= 4 is 29.5 Å². The second kappa shape index (κ2) is 6.65. The summed E-state index contributed by atoms with van der Waals surface area (Å²) in [4.78, 5) is 44.9. The fourth-order valence-corrected chi connectivity index (χ4v) is 3.89. The third kappa shape index (κ3) is 2.70. The monoisotopic (exact) mass is 394 g/mol. The van der Waals surface area contributed by atoms with Gasteiger partial charge in [0.25, 0.3) is 5.91 Å². The number of aliphatic imine (C=N–C) groups is 1. The van der Waals surface area contributed by atoms with Gasteiger partial charge in [-0.2, -0.15) is 4.57 Å². The molecule has 0 bridgehead atoms. The zero-order valence-corrected chi connectivity index (χ0v) is 17.2. The molecule has 3 heterocycles. The number of benzene rings is 1. The highest BCUT2D eigenvalue weighted by Crippen LogP contribution is 2.32. The fourth-order valence-electron chi connectivity index (χ4n) is 3.89. The molecule has 8 nitrogen and oxygen atoms in total. The fraction of sp³-hybridized carbons (Fsp3) is 0.381. The number of rotatable bonds is 4. The van der Waals surface area contributed by atoms with Gasteiger partial charge in [-0.15, -0.1) is 0 Å². The molecule has 1 fully saturated rings. The summed E-state index contributed by atoms with van der Waals surface area (Å²) >= 11 is 0. The summed E-state index contributed by atoms with van der Waals surface area (Å²) in [7, 11) is 1.58. The van der Waals surface area contributed by atoms with Crippen LogP contribution in [0.4, 0.5) is 10.7 Å². The standard InChI is InChI=1S/C21H24N5O3/c1-6-15-7-9-16(10-8-15)25-12(2)11-24-17-18(22-20(24)25)23(5)21(29)26(19(17)28)13(3)14(4)27/h7-11,13,17H,6H2,1-5H3/q+1. The lowest BCUT2D eigenvalue weighted by molar-refractivity contribution is -0.676. The number of imide groups is 1. The van der Waals surface area contributed by atoms with E-state index in [4.69, 9.17) is 0 Å². The van der Waals surface area contributed by atoms with Crippen molar-refractivity contribution in [2.24, 2.45) is 4.99 Å². The van der Waals surface area contributed by atoms with Crippen molar-refractivity contribution in [2.75, 3.05) is 7.05 Å². The number of nitrogens with zero attached hydrogens (tertiary/aromatic N) is 5. The van der Waals surface area contributed by atoms with E-state index in [9.17, 15) is 14.4 Å². The summed E-state index contributed by atoms with van der Waals surface area (Å²) in [5.41, 5.74) is 3.09. The van der Waals surface area contributed by atoms with E-state index < -0.39 is 24.0 Å². The van der Waals surface area contributed by atoms with Crippen molar-refractivity contribution in [3.63, 3.8) is 0 Å². The normalized spacial score (nSPS) is 19.2. The maximum atomic E-state index is 13.2. The average Bonchev–Trinajstić information content (AvgIpc) is 3.21. The van der Waals surface area contributed by atoms with Crippen molar-refractivity contribution in [3.05, 3.63) is 41.7 Å². The van der Waals surface area contributed by atoms with E-state index in [1.54, 1.807) is 18.5 Å². The summed E-state index contributed by atoms with van der Waals surface area (Å²) in [6.45, 7) is 7.00. The second-order valence-electron chi connectivity index (χ2n) is 7.54. The molecule has 0 aliphatic carbocycles. The molecule has 150 valence electrons. The molecule has 2 atom stereocenters. The Morgan fingerprint density at radius 3 is 2.48 bits per heavy atom. The second-order valence-corrected chi connectivity index (χ2v) is 7.54. The van der Waals surface area contributed by atoms with Crippen molar-refractivity contribution in [3.8, 4) is 5.69 Å². The van der Waals surface area contributed by atoms with Crippen LogP contribution in [-0.2, 0) is 16.0 Å². The van der Waals surface area contributed by atoms with Gasteiger partial charge < -0.3 is 0 Å². The predicted octanol–water partition coefficient (Wildman–Crippen LogP) is 2.09. The number of likely N-dealkylation sites (N-methyl/N-ethyl adjacent to an activating group) is 1. The maximum absolute atomic E-state index is 13.2. The van der Waals surface area contributed by atoms with E-state index in [2.05, 4.69) is 24.0 Å². The Bertz CT molecular complexity index is 1070. The molecule has 0 N–H and O–H groups in total. The van der Waals surface area contributed by atoms with Crippen LogP contribution >= 0.6 is 0 Å². The van der Waals surface area contributed by atoms with E-state index in [-0.39, 0.29) is 5.78 Å². The van der Waals surface area contributed by atoms with Gasteiger partial charge in [-0.05, 0) is 44.9 Å². The lowest BCUT2D eigenvalue weighted by atomic mass is 10.1. The molecule has 29 heavy (non-hydrogen) atoms. The average molecular weight is 394 g/mol. The van der Waals surface area contributed by atoms with Crippen LogP contribution in [-0.4, -0.2) is 51.0 Å². The molecule has 1 aromatic carbocycles. The van der Waals surface area contributed by atoms with Crippen LogP contribution in [0.15, 0.2) is 35.5 Å². The van der Waals surface area contributed by atoms with Crippen molar-refractivity contribution in [2.45, 2.75) is 46.2 Å². The molecule has 3 amide bonds. The van der Waals surface area contributed by atoms with E-state index in [1.165, 1.54) is 17.4 Å². The number of hydrogen-bond donors (Lipinski definition) is 0. The lowest BCUT2D eigenvalue weighted by Crippen LogP contribution is -2.65. The SMILES string of the molecule is CCc1ccc(-n2c(C)c[n+]3c2N=C2C3C(=O)N(C(C)C(C)=O)C(=O)N2C)cc1. The number of amides is 3. The first-order chi connectivity index (χ1) is 13.8. The number of urea groups is 1. The smallest absolute Gasteiger partial charge is 0.298 e. The largest absolute Gasteiger partial charge is 0.406 e. The quantitative estimate of drug-likeness (QED) is 0.745. The van der Waals surface area contributed by atoms with Crippen molar-refractivity contribution < 1.29 is 19.0 Å². The molecule has 0 spiro atoms. The molecule has 1 saturated heterocycles. The molecule has 1 aromatic heterocycles. The molecule has 0 saturated carbocycles. The number of fused-ring (bicyclic) bond motifs is 3. The molecule has 4 rings (SSSR count). The van der Waals surface area contributed by atoms with Crippen LogP contribution in [0.3, 0.4) is 0 Å². The maximum Gasteiger partial charge on any atom is 0.406 e. The highest BCUT2D eigenvalue weighted by atomic mass is 16.2. The summed E-state index contributed by atoms with van der Waals surface area (Å²) in [6, 6.07) is 6.06. The molecule has 2 unspecified atom stereocenters. The molecule has 8 heteroatoms. The number of aryl methyl sites for hydroxylation is 2. The molecular weight excluding hydrogens is 370 g/mol. The Balaban J connectivity index is 1.82. The van der Waals surface area contributed by atoms with Crippen LogP contribution in [0.5, 0.6) is 0 Å². The van der Waals surface area contributed by atoms with Gasteiger partial charge in [-0.1, -0.05) is 24.0 Å². The van der Waals surface area contributed by atoms with Gasteiger partial charge in [0.2, 0.25) is 11.9 Å². The Morgan fingerprint density at radius 2 is 1.90 bits per heavy atom. The number of carbonyl (C=O) groups is 3. The van der Waals surface area contributed by atoms with E-state index in [0.717, 1.165) is 22.7 Å². The third-order valence-electron chi connectivity index (χ3n) is 5.73. The van der Waals surface area contributed by atoms with Gasteiger partial charge in [0.1, 0.15) is 17.6 Å². The van der Waals surface area contributed by atoms with Crippen LogP contribution in [0.25, 0.3) is 5.69 Å². The molecule has 0 radical (unpaired) electrons. The Kier molecular flexibility index (Phi) is 4.37. The first kappa shape index (κ1) is 19.0. The predicted molar refractivity (Wildman–Crippen MR) is 106 cm³/mol.